The summed E-state index contributed by atoms with van der Waals surface area (Å²) in [6.07, 6.45) is 1.73. The first-order valence-electron chi connectivity index (χ1n) is 12.1. The summed E-state index contributed by atoms with van der Waals surface area (Å²) in [5.41, 5.74) is 2.63. The summed E-state index contributed by atoms with van der Waals surface area (Å²) in [5, 5.41) is 0. The molecule has 0 aliphatic carbocycles. The molecule has 0 saturated carbocycles. The minimum atomic E-state index is -0.0157. The van der Waals surface area contributed by atoms with Gasteiger partial charge < -0.3 is 23.8 Å². The van der Waals surface area contributed by atoms with Crippen LogP contribution in [0.4, 0.5) is 5.69 Å². The fourth-order valence-corrected chi connectivity index (χ4v) is 4.67. The maximum Gasteiger partial charge on any atom is 0.258 e. The van der Waals surface area contributed by atoms with Crippen molar-refractivity contribution in [1.29, 1.82) is 0 Å². The second kappa shape index (κ2) is 11.8. The van der Waals surface area contributed by atoms with Crippen molar-refractivity contribution in [1.82, 2.24) is 4.90 Å². The van der Waals surface area contributed by atoms with Gasteiger partial charge in [0.15, 0.2) is 0 Å². The van der Waals surface area contributed by atoms with Crippen LogP contribution in [-0.4, -0.2) is 58.4 Å². The van der Waals surface area contributed by atoms with Crippen molar-refractivity contribution < 1.29 is 23.7 Å². The van der Waals surface area contributed by atoms with E-state index < -0.39 is 0 Å². The molecule has 1 aliphatic rings. The first-order valence-corrected chi connectivity index (χ1v) is 12.1. The number of amides is 1. The molecule has 7 nitrogen and oxygen atoms in total. The van der Waals surface area contributed by atoms with Crippen LogP contribution in [0.5, 0.6) is 23.0 Å². The Morgan fingerprint density at radius 3 is 1.89 bits per heavy atom. The van der Waals surface area contributed by atoms with Gasteiger partial charge in [-0.3, -0.25) is 9.69 Å². The standard InChI is InChI=1S/C29H34N2O5/c1-33-25-10-5-21(6-11-25)29(32)31(23-8-13-26(34-2)14-9-23)24-15-17-30(18-16-24)20-22-7-12-27(35-3)19-28(22)36-4/h5-14,19,24H,15-18,20H2,1-4H3. The minimum Gasteiger partial charge on any atom is -0.497 e. The van der Waals surface area contributed by atoms with Crippen molar-refractivity contribution in [3.05, 3.63) is 77.9 Å². The Kier molecular flexibility index (Phi) is 8.33. The molecule has 0 spiro atoms. The molecule has 0 atom stereocenters. The lowest BCUT2D eigenvalue weighted by Gasteiger charge is -2.39. The SMILES string of the molecule is COc1ccc(C(=O)N(c2ccc(OC)cc2)C2CCN(Cc3ccc(OC)cc3OC)CC2)cc1. The van der Waals surface area contributed by atoms with Gasteiger partial charge in [-0.1, -0.05) is 6.07 Å². The number of benzene rings is 3. The molecule has 0 bridgehead atoms. The molecular weight excluding hydrogens is 456 g/mol. The second-order valence-corrected chi connectivity index (χ2v) is 8.79. The van der Waals surface area contributed by atoms with Crippen LogP contribution in [0.15, 0.2) is 66.7 Å². The number of ether oxygens (including phenoxy) is 4. The summed E-state index contributed by atoms with van der Waals surface area (Å²) in [5.74, 6) is 3.08. The summed E-state index contributed by atoms with van der Waals surface area (Å²) in [4.78, 5) is 18.1. The van der Waals surface area contributed by atoms with Gasteiger partial charge in [0, 0.05) is 48.6 Å². The maximum atomic E-state index is 13.7. The summed E-state index contributed by atoms with van der Waals surface area (Å²) in [7, 11) is 6.60. The number of piperidine rings is 1. The lowest BCUT2D eigenvalue weighted by molar-refractivity contribution is 0.0958. The number of rotatable bonds is 9. The monoisotopic (exact) mass is 490 g/mol. The zero-order chi connectivity index (χ0) is 25.5. The average Bonchev–Trinajstić information content (AvgIpc) is 2.94. The predicted molar refractivity (Wildman–Crippen MR) is 141 cm³/mol. The van der Waals surface area contributed by atoms with Crippen LogP contribution >= 0.6 is 0 Å². The van der Waals surface area contributed by atoms with Gasteiger partial charge in [0.2, 0.25) is 0 Å². The summed E-state index contributed by atoms with van der Waals surface area (Å²) in [6, 6.07) is 21.0. The molecule has 1 fully saturated rings. The largest absolute Gasteiger partial charge is 0.497 e. The molecule has 3 aromatic carbocycles. The summed E-state index contributed by atoms with van der Waals surface area (Å²) < 4.78 is 21.5. The fraction of sp³-hybridized carbons (Fsp3) is 0.345. The number of hydrogen-bond acceptors (Lipinski definition) is 6. The number of methoxy groups -OCH3 is 4. The van der Waals surface area contributed by atoms with Crippen LogP contribution < -0.4 is 23.8 Å². The zero-order valence-electron chi connectivity index (χ0n) is 21.4. The molecule has 190 valence electrons. The Labute approximate surface area is 213 Å². The van der Waals surface area contributed by atoms with E-state index in [0.29, 0.717) is 5.56 Å². The smallest absolute Gasteiger partial charge is 0.258 e. The molecular formula is C29H34N2O5. The van der Waals surface area contributed by atoms with E-state index in [9.17, 15) is 4.79 Å². The van der Waals surface area contributed by atoms with E-state index in [1.807, 2.05) is 65.6 Å². The normalized spacial score (nSPS) is 14.2. The van der Waals surface area contributed by atoms with E-state index in [-0.39, 0.29) is 11.9 Å². The topological polar surface area (TPSA) is 60.5 Å². The first kappa shape index (κ1) is 25.4. The Morgan fingerprint density at radius 1 is 0.778 bits per heavy atom. The Morgan fingerprint density at radius 2 is 1.33 bits per heavy atom. The van der Waals surface area contributed by atoms with Crippen LogP contribution in [0.1, 0.15) is 28.8 Å². The first-order chi connectivity index (χ1) is 17.6. The highest BCUT2D eigenvalue weighted by Gasteiger charge is 2.30. The minimum absolute atomic E-state index is 0.0157. The molecule has 0 N–H and O–H groups in total. The third-order valence-electron chi connectivity index (χ3n) is 6.72. The fourth-order valence-electron chi connectivity index (χ4n) is 4.67. The van der Waals surface area contributed by atoms with E-state index in [1.54, 1.807) is 28.4 Å². The van der Waals surface area contributed by atoms with Gasteiger partial charge in [0.1, 0.15) is 23.0 Å². The third-order valence-corrected chi connectivity index (χ3v) is 6.72. The van der Waals surface area contributed by atoms with Crippen molar-refractivity contribution >= 4 is 11.6 Å². The van der Waals surface area contributed by atoms with Crippen molar-refractivity contribution in [2.45, 2.75) is 25.4 Å². The van der Waals surface area contributed by atoms with E-state index in [4.69, 9.17) is 18.9 Å². The van der Waals surface area contributed by atoms with Crippen molar-refractivity contribution in [3.8, 4) is 23.0 Å². The molecule has 1 aliphatic heterocycles. The number of likely N-dealkylation sites (tertiary alicyclic amines) is 1. The molecule has 1 heterocycles. The van der Waals surface area contributed by atoms with Gasteiger partial charge >= 0.3 is 0 Å². The van der Waals surface area contributed by atoms with E-state index in [0.717, 1.165) is 66.7 Å². The number of carbonyl (C=O) groups excluding carboxylic acids is 1. The number of carbonyl (C=O) groups is 1. The van der Waals surface area contributed by atoms with Crippen LogP contribution in [0.2, 0.25) is 0 Å². The van der Waals surface area contributed by atoms with Gasteiger partial charge in [0.25, 0.3) is 5.91 Å². The van der Waals surface area contributed by atoms with Gasteiger partial charge in [-0.05, 0) is 67.4 Å². The van der Waals surface area contributed by atoms with Crippen molar-refractivity contribution in [2.75, 3.05) is 46.4 Å². The van der Waals surface area contributed by atoms with Gasteiger partial charge in [-0.25, -0.2) is 0 Å². The Hall–Kier alpha value is -3.71. The summed E-state index contributed by atoms with van der Waals surface area (Å²) in [6.45, 7) is 2.54. The van der Waals surface area contributed by atoms with E-state index in [2.05, 4.69) is 11.0 Å². The molecule has 1 amide bonds. The van der Waals surface area contributed by atoms with Gasteiger partial charge in [-0.15, -0.1) is 0 Å². The molecule has 0 unspecified atom stereocenters. The average molecular weight is 491 g/mol. The van der Waals surface area contributed by atoms with Gasteiger partial charge in [-0.2, -0.15) is 0 Å². The predicted octanol–water partition coefficient (Wildman–Crippen LogP) is 5.03. The molecule has 7 heteroatoms. The number of anilines is 1. The maximum absolute atomic E-state index is 13.7. The lowest BCUT2D eigenvalue weighted by atomic mass is 10.00. The van der Waals surface area contributed by atoms with E-state index >= 15 is 0 Å². The van der Waals surface area contributed by atoms with Gasteiger partial charge in [0.05, 0.1) is 28.4 Å². The quantitative estimate of drug-likeness (QED) is 0.419. The highest BCUT2D eigenvalue weighted by atomic mass is 16.5. The lowest BCUT2D eigenvalue weighted by Crippen LogP contribution is -2.47. The Balaban J connectivity index is 1.51. The highest BCUT2D eigenvalue weighted by molar-refractivity contribution is 6.06. The van der Waals surface area contributed by atoms with E-state index in [1.165, 1.54) is 0 Å². The zero-order valence-corrected chi connectivity index (χ0v) is 21.4. The highest BCUT2D eigenvalue weighted by Crippen LogP contribution is 2.30. The van der Waals surface area contributed by atoms with Crippen LogP contribution in [0, 0.1) is 0 Å². The molecule has 36 heavy (non-hydrogen) atoms. The second-order valence-electron chi connectivity index (χ2n) is 8.79. The number of hydrogen-bond donors (Lipinski definition) is 0. The van der Waals surface area contributed by atoms with Crippen LogP contribution in [0.3, 0.4) is 0 Å². The van der Waals surface area contributed by atoms with Crippen molar-refractivity contribution in [2.24, 2.45) is 0 Å². The molecule has 0 radical (unpaired) electrons. The van der Waals surface area contributed by atoms with Crippen molar-refractivity contribution in [3.63, 3.8) is 0 Å². The Bertz CT molecular complexity index is 1140. The molecule has 1 saturated heterocycles. The molecule has 0 aromatic heterocycles. The van der Waals surface area contributed by atoms with Crippen LogP contribution in [-0.2, 0) is 6.54 Å². The molecule has 4 rings (SSSR count). The molecule has 3 aromatic rings. The van der Waals surface area contributed by atoms with Crippen LogP contribution in [0.25, 0.3) is 0 Å². The summed E-state index contributed by atoms with van der Waals surface area (Å²) >= 11 is 0. The third kappa shape index (κ3) is 5.74. The number of nitrogens with zero attached hydrogens (tertiary/aromatic N) is 2.